The van der Waals surface area contributed by atoms with E-state index in [9.17, 15) is 4.79 Å². The average Bonchev–Trinajstić information content (AvgIpc) is 2.77. The minimum Gasteiger partial charge on any atom is -0.491 e. The topological polar surface area (TPSA) is 26.3 Å². The minimum atomic E-state index is -0.394. The summed E-state index contributed by atoms with van der Waals surface area (Å²) in [5.74, 6) is 1.48. The van der Waals surface area contributed by atoms with Gasteiger partial charge in [0, 0.05) is 22.3 Å². The zero-order valence-electron chi connectivity index (χ0n) is 19.1. The van der Waals surface area contributed by atoms with Gasteiger partial charge in [0.15, 0.2) is 5.12 Å². The first-order valence-electron chi connectivity index (χ1n) is 10.8. The highest BCUT2D eigenvalue weighted by Gasteiger charge is 2.39. The number of ether oxygens (including phenoxy) is 1. The zero-order chi connectivity index (χ0) is 22.5. The second-order valence-electron chi connectivity index (χ2n) is 9.27. The van der Waals surface area contributed by atoms with Gasteiger partial charge in [-0.05, 0) is 16.5 Å². The fourth-order valence-corrected chi connectivity index (χ4v) is 4.17. The molecule has 3 aromatic rings. The Labute approximate surface area is 191 Å². The van der Waals surface area contributed by atoms with Gasteiger partial charge < -0.3 is 4.74 Å². The SMILES string of the molecule is CC(C)(C)C(C)(C)C(=O)SCCOc1c(-c2ccccc2)cccc1-c1ccccc1. The molecule has 0 spiro atoms. The van der Waals surface area contributed by atoms with Crippen molar-refractivity contribution in [1.82, 2.24) is 0 Å². The van der Waals surface area contributed by atoms with E-state index in [-0.39, 0.29) is 10.5 Å². The van der Waals surface area contributed by atoms with Crippen LogP contribution in [0, 0.1) is 10.8 Å². The maximum Gasteiger partial charge on any atom is 0.195 e. The Bertz CT molecular complexity index is 944. The van der Waals surface area contributed by atoms with Crippen molar-refractivity contribution in [3.63, 3.8) is 0 Å². The van der Waals surface area contributed by atoms with Crippen molar-refractivity contribution in [3.05, 3.63) is 78.9 Å². The molecule has 0 saturated carbocycles. The predicted octanol–water partition coefficient (Wildman–Crippen LogP) is 7.73. The zero-order valence-corrected chi connectivity index (χ0v) is 20.0. The molecule has 0 N–H and O–H groups in total. The van der Waals surface area contributed by atoms with Crippen LogP contribution in [-0.4, -0.2) is 17.5 Å². The third-order valence-electron chi connectivity index (χ3n) is 6.13. The van der Waals surface area contributed by atoms with Crippen molar-refractivity contribution in [2.45, 2.75) is 34.6 Å². The van der Waals surface area contributed by atoms with Gasteiger partial charge in [-0.15, -0.1) is 0 Å². The molecule has 3 aromatic carbocycles. The average molecular weight is 433 g/mol. The number of hydrogen-bond acceptors (Lipinski definition) is 3. The van der Waals surface area contributed by atoms with Crippen LogP contribution in [0.25, 0.3) is 22.3 Å². The fourth-order valence-electron chi connectivity index (χ4n) is 3.15. The monoisotopic (exact) mass is 432 g/mol. The molecular formula is C28H32O2S. The van der Waals surface area contributed by atoms with E-state index in [1.165, 1.54) is 11.8 Å². The van der Waals surface area contributed by atoms with Crippen molar-refractivity contribution in [3.8, 4) is 28.0 Å². The molecule has 0 aliphatic carbocycles. The minimum absolute atomic E-state index is 0.0850. The fraction of sp³-hybridized carbons (Fsp3) is 0.321. The molecular weight excluding hydrogens is 400 g/mol. The molecule has 0 atom stereocenters. The van der Waals surface area contributed by atoms with Crippen LogP contribution in [0.5, 0.6) is 5.75 Å². The van der Waals surface area contributed by atoms with Crippen LogP contribution in [0.1, 0.15) is 34.6 Å². The maximum atomic E-state index is 12.8. The Morgan fingerprint density at radius 3 is 1.68 bits per heavy atom. The molecule has 0 heterocycles. The van der Waals surface area contributed by atoms with Crippen LogP contribution in [0.4, 0.5) is 0 Å². The molecule has 3 rings (SSSR count). The lowest BCUT2D eigenvalue weighted by atomic mass is 9.70. The molecule has 0 aliphatic rings. The van der Waals surface area contributed by atoms with E-state index in [4.69, 9.17) is 4.74 Å². The number of carbonyl (C=O) groups is 1. The summed E-state index contributed by atoms with van der Waals surface area (Å²) in [6.45, 7) is 10.9. The van der Waals surface area contributed by atoms with Crippen LogP contribution < -0.4 is 4.74 Å². The van der Waals surface area contributed by atoms with E-state index >= 15 is 0 Å². The second kappa shape index (κ2) is 9.74. The number of carbonyl (C=O) groups excluding carboxylic acids is 1. The third kappa shape index (κ3) is 5.40. The maximum absolute atomic E-state index is 12.8. The van der Waals surface area contributed by atoms with E-state index in [1.807, 2.05) is 50.2 Å². The van der Waals surface area contributed by atoms with E-state index in [1.54, 1.807) is 0 Å². The van der Waals surface area contributed by atoms with Crippen LogP contribution in [0.2, 0.25) is 0 Å². The Kier molecular flexibility index (Phi) is 7.27. The van der Waals surface area contributed by atoms with Crippen LogP contribution in [-0.2, 0) is 4.79 Å². The largest absolute Gasteiger partial charge is 0.491 e. The third-order valence-corrected chi connectivity index (χ3v) is 7.28. The molecule has 0 unspecified atom stereocenters. The molecule has 0 amide bonds. The van der Waals surface area contributed by atoms with Gasteiger partial charge >= 0.3 is 0 Å². The second-order valence-corrected chi connectivity index (χ2v) is 10.3. The lowest BCUT2D eigenvalue weighted by Gasteiger charge is -2.36. The Morgan fingerprint density at radius 1 is 0.742 bits per heavy atom. The molecule has 2 nitrogen and oxygen atoms in total. The van der Waals surface area contributed by atoms with Gasteiger partial charge in [0.05, 0.1) is 6.61 Å². The normalized spacial score (nSPS) is 11.9. The molecule has 0 aliphatic heterocycles. The summed E-state index contributed by atoms with van der Waals surface area (Å²) < 4.78 is 6.35. The lowest BCUT2D eigenvalue weighted by Crippen LogP contribution is -2.36. The van der Waals surface area contributed by atoms with Gasteiger partial charge in [-0.2, -0.15) is 0 Å². The summed E-state index contributed by atoms with van der Waals surface area (Å²) in [5, 5.41) is 0.211. The summed E-state index contributed by atoms with van der Waals surface area (Å²) in [5.41, 5.74) is 3.88. The highest BCUT2D eigenvalue weighted by Crippen LogP contribution is 2.42. The van der Waals surface area contributed by atoms with Crippen molar-refractivity contribution in [1.29, 1.82) is 0 Å². The van der Waals surface area contributed by atoms with Crippen LogP contribution in [0.15, 0.2) is 78.9 Å². The molecule has 0 fully saturated rings. The number of rotatable bonds is 7. The molecule has 0 bridgehead atoms. The van der Waals surface area contributed by atoms with E-state index in [0.29, 0.717) is 12.4 Å². The smallest absolute Gasteiger partial charge is 0.195 e. The van der Waals surface area contributed by atoms with Crippen molar-refractivity contribution < 1.29 is 9.53 Å². The standard InChI is InChI=1S/C28H32O2S/c1-27(2,3)28(4,5)26(29)31-20-19-30-25-23(21-13-8-6-9-14-21)17-12-18-24(25)22-15-10-7-11-16-22/h6-18H,19-20H2,1-5H3. The van der Waals surface area contributed by atoms with Gasteiger partial charge in [0.1, 0.15) is 5.75 Å². The summed E-state index contributed by atoms with van der Waals surface area (Å²) in [6.07, 6.45) is 0. The molecule has 162 valence electrons. The number of benzene rings is 3. The van der Waals surface area contributed by atoms with Crippen LogP contribution in [0.3, 0.4) is 0 Å². The summed E-state index contributed by atoms with van der Waals surface area (Å²) in [6, 6.07) is 26.8. The quantitative estimate of drug-likeness (QED) is 0.357. The van der Waals surface area contributed by atoms with E-state index in [2.05, 4.69) is 63.2 Å². The van der Waals surface area contributed by atoms with Gasteiger partial charge in [0.25, 0.3) is 0 Å². The lowest BCUT2D eigenvalue weighted by molar-refractivity contribution is -0.123. The van der Waals surface area contributed by atoms with E-state index in [0.717, 1.165) is 28.0 Å². The Hall–Kier alpha value is -2.52. The molecule has 0 saturated heterocycles. The molecule has 3 heteroatoms. The van der Waals surface area contributed by atoms with Gasteiger partial charge in [-0.1, -0.05) is 125 Å². The molecule has 31 heavy (non-hydrogen) atoms. The van der Waals surface area contributed by atoms with Crippen LogP contribution >= 0.6 is 11.8 Å². The number of para-hydroxylation sites is 1. The van der Waals surface area contributed by atoms with Gasteiger partial charge in [0.2, 0.25) is 0 Å². The first-order chi connectivity index (χ1) is 14.7. The highest BCUT2D eigenvalue weighted by atomic mass is 32.2. The van der Waals surface area contributed by atoms with Gasteiger partial charge in [-0.25, -0.2) is 0 Å². The number of thioether (sulfide) groups is 1. The van der Waals surface area contributed by atoms with Crippen molar-refractivity contribution in [2.24, 2.45) is 10.8 Å². The van der Waals surface area contributed by atoms with Gasteiger partial charge in [-0.3, -0.25) is 4.79 Å². The van der Waals surface area contributed by atoms with E-state index < -0.39 is 5.41 Å². The first-order valence-corrected chi connectivity index (χ1v) is 11.7. The number of hydrogen-bond donors (Lipinski definition) is 0. The highest BCUT2D eigenvalue weighted by molar-refractivity contribution is 8.13. The Morgan fingerprint density at radius 2 is 1.23 bits per heavy atom. The van der Waals surface area contributed by atoms with Crippen molar-refractivity contribution >= 4 is 16.9 Å². The van der Waals surface area contributed by atoms with Crippen molar-refractivity contribution in [2.75, 3.05) is 12.4 Å². The summed E-state index contributed by atoms with van der Waals surface area (Å²) in [4.78, 5) is 12.8. The Balaban J connectivity index is 1.82. The summed E-state index contributed by atoms with van der Waals surface area (Å²) in [7, 11) is 0. The first kappa shape index (κ1) is 23.1. The summed E-state index contributed by atoms with van der Waals surface area (Å²) >= 11 is 1.37. The molecule has 0 aromatic heterocycles. The molecule has 0 radical (unpaired) electrons. The predicted molar refractivity (Wildman–Crippen MR) is 134 cm³/mol.